The highest BCUT2D eigenvalue weighted by molar-refractivity contribution is 5.95. The maximum Gasteiger partial charge on any atom is 0.391 e. The van der Waals surface area contributed by atoms with E-state index in [1.807, 2.05) is 0 Å². The van der Waals surface area contributed by atoms with Crippen molar-refractivity contribution in [3.8, 4) is 0 Å². The molecule has 20 heavy (non-hydrogen) atoms. The van der Waals surface area contributed by atoms with E-state index in [2.05, 4.69) is 0 Å². The molecule has 0 unspecified atom stereocenters. The number of hydrogen-bond donors (Lipinski definition) is 2. The number of alkyl halides is 3. The molecule has 0 atom stereocenters. The van der Waals surface area contributed by atoms with Crippen molar-refractivity contribution < 1.29 is 17.6 Å². The van der Waals surface area contributed by atoms with Crippen molar-refractivity contribution in [3.63, 3.8) is 0 Å². The van der Waals surface area contributed by atoms with Crippen LogP contribution in [0.1, 0.15) is 18.4 Å². The van der Waals surface area contributed by atoms with Gasteiger partial charge in [0, 0.05) is 18.7 Å². The Labute approximate surface area is 113 Å². The summed E-state index contributed by atoms with van der Waals surface area (Å²) in [5.41, 5.74) is 5.78. The van der Waals surface area contributed by atoms with Crippen LogP contribution in [0.15, 0.2) is 18.2 Å². The second-order valence-corrected chi connectivity index (χ2v) is 4.88. The van der Waals surface area contributed by atoms with Crippen LogP contribution in [0.2, 0.25) is 0 Å². The van der Waals surface area contributed by atoms with Gasteiger partial charge in [0.05, 0.1) is 11.6 Å². The lowest BCUT2D eigenvalue weighted by molar-refractivity contribution is -0.179. The third-order valence-corrected chi connectivity index (χ3v) is 3.56. The molecule has 0 spiro atoms. The predicted octanol–water partition coefficient (Wildman–Crippen LogP) is 2.89. The third-order valence-electron chi connectivity index (χ3n) is 3.56. The summed E-state index contributed by atoms with van der Waals surface area (Å²) in [5, 5.41) is 7.21. The van der Waals surface area contributed by atoms with Gasteiger partial charge in [0.1, 0.15) is 11.7 Å². The lowest BCUT2D eigenvalue weighted by Gasteiger charge is -2.34. The molecule has 1 aromatic carbocycles. The number of nitrogens with zero attached hydrogens (tertiary/aromatic N) is 1. The van der Waals surface area contributed by atoms with Crippen LogP contribution >= 0.6 is 0 Å². The van der Waals surface area contributed by atoms with Gasteiger partial charge in [-0.2, -0.15) is 13.2 Å². The number of nitrogen functional groups attached to an aromatic ring is 1. The number of rotatable bonds is 2. The summed E-state index contributed by atoms with van der Waals surface area (Å²) < 4.78 is 51.6. The van der Waals surface area contributed by atoms with Gasteiger partial charge >= 0.3 is 6.18 Å². The van der Waals surface area contributed by atoms with E-state index in [0.717, 1.165) is 6.07 Å². The fourth-order valence-corrected chi connectivity index (χ4v) is 2.38. The van der Waals surface area contributed by atoms with E-state index in [9.17, 15) is 17.6 Å². The lowest BCUT2D eigenvalue weighted by Crippen LogP contribution is -2.39. The number of nitrogens with one attached hydrogen (secondary N) is 1. The van der Waals surface area contributed by atoms with Crippen LogP contribution in [0.5, 0.6) is 0 Å². The molecule has 1 heterocycles. The molecule has 2 rings (SSSR count). The molecule has 1 aromatic rings. The molecule has 0 saturated carbocycles. The van der Waals surface area contributed by atoms with Crippen molar-refractivity contribution in [1.82, 2.24) is 0 Å². The van der Waals surface area contributed by atoms with Crippen molar-refractivity contribution in [2.24, 2.45) is 11.7 Å². The first kappa shape index (κ1) is 14.6. The number of amidine groups is 1. The Balaban J connectivity index is 2.09. The highest BCUT2D eigenvalue weighted by atomic mass is 19.4. The van der Waals surface area contributed by atoms with Crippen LogP contribution in [0.4, 0.5) is 23.2 Å². The number of hydrogen-bond acceptors (Lipinski definition) is 2. The maximum absolute atomic E-state index is 13.9. The minimum Gasteiger partial charge on any atom is -0.384 e. The summed E-state index contributed by atoms with van der Waals surface area (Å²) in [6.07, 6.45) is -4.24. The van der Waals surface area contributed by atoms with Crippen LogP contribution in [-0.4, -0.2) is 25.1 Å². The topological polar surface area (TPSA) is 53.1 Å². The summed E-state index contributed by atoms with van der Waals surface area (Å²) in [7, 11) is 0. The average Bonchev–Trinajstić information content (AvgIpc) is 2.37. The van der Waals surface area contributed by atoms with Gasteiger partial charge < -0.3 is 10.6 Å². The number of nitrogens with two attached hydrogens (primary N) is 1. The van der Waals surface area contributed by atoms with Gasteiger partial charge in [0.15, 0.2) is 0 Å². The summed E-state index contributed by atoms with van der Waals surface area (Å²) in [6, 6.07) is 4.09. The van der Waals surface area contributed by atoms with Gasteiger partial charge in [-0.1, -0.05) is 0 Å². The molecule has 0 aliphatic carbocycles. The molecule has 3 N–H and O–H groups in total. The van der Waals surface area contributed by atoms with E-state index in [1.54, 1.807) is 4.90 Å². The third kappa shape index (κ3) is 3.02. The second-order valence-electron chi connectivity index (χ2n) is 4.88. The molecule has 3 nitrogen and oxygen atoms in total. The first-order chi connectivity index (χ1) is 9.29. The Morgan fingerprint density at radius 1 is 1.25 bits per heavy atom. The first-order valence-corrected chi connectivity index (χ1v) is 6.24. The lowest BCUT2D eigenvalue weighted by atomic mass is 9.96. The van der Waals surface area contributed by atoms with Crippen LogP contribution in [0, 0.1) is 17.1 Å². The fourth-order valence-electron chi connectivity index (χ4n) is 2.38. The second kappa shape index (κ2) is 5.30. The van der Waals surface area contributed by atoms with Gasteiger partial charge in [0.2, 0.25) is 0 Å². The SMILES string of the molecule is N=C(N)c1ccc(N2CCC(C(F)(F)F)CC2)c(F)c1. The summed E-state index contributed by atoms with van der Waals surface area (Å²) in [5.74, 6) is -2.12. The zero-order chi connectivity index (χ0) is 14.9. The fraction of sp³-hybridized carbons (Fsp3) is 0.462. The Morgan fingerprint density at radius 2 is 1.85 bits per heavy atom. The molecule has 7 heteroatoms. The monoisotopic (exact) mass is 289 g/mol. The predicted molar refractivity (Wildman–Crippen MR) is 68.4 cm³/mol. The summed E-state index contributed by atoms with van der Waals surface area (Å²) >= 11 is 0. The number of anilines is 1. The molecular weight excluding hydrogens is 274 g/mol. The smallest absolute Gasteiger partial charge is 0.384 e. The molecule has 1 aliphatic rings. The molecule has 0 amide bonds. The van der Waals surface area contributed by atoms with E-state index in [0.29, 0.717) is 0 Å². The largest absolute Gasteiger partial charge is 0.391 e. The highest BCUT2D eigenvalue weighted by Crippen LogP contribution is 2.35. The van der Waals surface area contributed by atoms with Crippen LogP contribution < -0.4 is 10.6 Å². The zero-order valence-electron chi connectivity index (χ0n) is 10.7. The Hall–Kier alpha value is -1.79. The number of halogens is 4. The molecule has 110 valence electrons. The Kier molecular flexibility index (Phi) is 3.87. The van der Waals surface area contributed by atoms with Gasteiger partial charge in [-0.15, -0.1) is 0 Å². The van der Waals surface area contributed by atoms with Crippen LogP contribution in [0.3, 0.4) is 0 Å². The van der Waals surface area contributed by atoms with E-state index < -0.39 is 17.9 Å². The first-order valence-electron chi connectivity index (χ1n) is 6.24. The van der Waals surface area contributed by atoms with Crippen molar-refractivity contribution in [2.75, 3.05) is 18.0 Å². The van der Waals surface area contributed by atoms with E-state index in [4.69, 9.17) is 11.1 Å². The molecule has 1 fully saturated rings. The van der Waals surface area contributed by atoms with Gasteiger partial charge in [0.25, 0.3) is 0 Å². The standard InChI is InChI=1S/C13H15F4N3/c14-10-7-8(12(18)19)1-2-11(10)20-5-3-9(4-6-20)13(15,16)17/h1-2,7,9H,3-6H2,(H3,18,19). The molecule has 0 radical (unpaired) electrons. The van der Waals surface area contributed by atoms with Crippen molar-refractivity contribution in [1.29, 1.82) is 5.41 Å². The van der Waals surface area contributed by atoms with Crippen molar-refractivity contribution >= 4 is 11.5 Å². The van der Waals surface area contributed by atoms with Crippen LogP contribution in [-0.2, 0) is 0 Å². The van der Waals surface area contributed by atoms with Gasteiger partial charge in [-0.05, 0) is 31.0 Å². The van der Waals surface area contributed by atoms with E-state index in [1.165, 1.54) is 12.1 Å². The molecule has 0 aromatic heterocycles. The van der Waals surface area contributed by atoms with Gasteiger partial charge in [-0.3, -0.25) is 5.41 Å². The quantitative estimate of drug-likeness (QED) is 0.500. The summed E-state index contributed by atoms with van der Waals surface area (Å²) in [6.45, 7) is 0.334. The van der Waals surface area contributed by atoms with Gasteiger partial charge in [-0.25, -0.2) is 4.39 Å². The van der Waals surface area contributed by atoms with E-state index >= 15 is 0 Å². The highest BCUT2D eigenvalue weighted by Gasteiger charge is 2.41. The van der Waals surface area contributed by atoms with Crippen molar-refractivity contribution in [3.05, 3.63) is 29.6 Å². The normalized spacial score (nSPS) is 17.3. The molecule has 1 saturated heterocycles. The molecular formula is C13H15F4N3. The molecule has 0 bridgehead atoms. The minimum absolute atomic E-state index is 0.0304. The van der Waals surface area contributed by atoms with E-state index in [-0.39, 0.29) is 43.0 Å². The van der Waals surface area contributed by atoms with Crippen molar-refractivity contribution in [2.45, 2.75) is 19.0 Å². The molecule has 1 aliphatic heterocycles. The zero-order valence-corrected chi connectivity index (χ0v) is 10.7. The Bertz CT molecular complexity index is 505. The summed E-state index contributed by atoms with van der Waals surface area (Å²) in [4.78, 5) is 1.60. The average molecular weight is 289 g/mol. The minimum atomic E-state index is -4.18. The maximum atomic E-state index is 13.9. The number of benzene rings is 1. The number of piperidine rings is 1. The van der Waals surface area contributed by atoms with Crippen LogP contribution in [0.25, 0.3) is 0 Å². The Morgan fingerprint density at radius 3 is 2.30 bits per heavy atom.